The van der Waals surface area contributed by atoms with Crippen molar-refractivity contribution >= 4 is 64.5 Å². The normalized spacial score (nSPS) is 22.6. The number of rotatable bonds is 12. The molecule has 9 rings (SSSR count). The molecule has 6 heterocycles. The van der Waals surface area contributed by atoms with E-state index in [0.29, 0.717) is 36.6 Å². The maximum absolute atomic E-state index is 14.9. The van der Waals surface area contributed by atoms with E-state index in [9.17, 15) is 51.9 Å². The minimum atomic E-state index is -5.84. The standard InChI is InChI=1S/C53H59F2N6O11PS/c1-52(2,3)46(57-48(64)44-27-35-26-36(14-16-43(35)74-44)53(54,55)73(68,69)70)51(67)60-29-37(28-41(60)50(66)59-23-25-72-42(31-59)34-8-5-4-6-9-34)71-24-22-58-20-18-32(19-21-58)12-13-33-10-7-11-38-39(33)30-61(49(38)65)40-15-17-45(62)56-47(40)63/h4-11,14,16,26-27,32,37,40-42,46H,15,17-25,28-31H2,1-3H3,(H,57,64)(H,56,62,63)(H2,68,69,70)/t37-,40?,41-,42-,46+/m0/s1. The molecule has 3 aromatic carbocycles. The Bertz CT molecular complexity index is 2960. The van der Waals surface area contributed by atoms with Crippen molar-refractivity contribution in [1.82, 2.24) is 30.2 Å². The van der Waals surface area contributed by atoms with Crippen LogP contribution in [-0.4, -0.2) is 142 Å². The molecule has 392 valence electrons. The van der Waals surface area contributed by atoms with Gasteiger partial charge in [-0.15, -0.1) is 11.3 Å². The van der Waals surface area contributed by atoms with Gasteiger partial charge < -0.3 is 44.2 Å². The van der Waals surface area contributed by atoms with E-state index in [4.69, 9.17) is 9.47 Å². The third-order valence-electron chi connectivity index (χ3n) is 14.6. The molecular formula is C53H59F2N6O11PS. The quantitative estimate of drug-likeness (QED) is 0.0800. The molecule has 5 aliphatic rings. The summed E-state index contributed by atoms with van der Waals surface area (Å²) in [5.41, 5.74) is -3.25. The highest BCUT2D eigenvalue weighted by molar-refractivity contribution is 7.52. The van der Waals surface area contributed by atoms with E-state index in [1.54, 1.807) is 37.8 Å². The number of piperidine rings is 2. The average Bonchev–Trinajstić information content (AvgIpc) is 4.10. The van der Waals surface area contributed by atoms with E-state index in [2.05, 4.69) is 27.4 Å². The first-order valence-electron chi connectivity index (χ1n) is 24.8. The number of carbonyl (C=O) groups excluding carboxylic acids is 6. The molecule has 1 aromatic heterocycles. The highest BCUT2D eigenvalue weighted by atomic mass is 32.1. The molecule has 0 bridgehead atoms. The van der Waals surface area contributed by atoms with Crippen molar-refractivity contribution in [1.29, 1.82) is 0 Å². The van der Waals surface area contributed by atoms with E-state index in [1.165, 1.54) is 21.9 Å². The maximum Gasteiger partial charge on any atom is 0.399 e. The number of benzene rings is 3. The Labute approximate surface area is 431 Å². The summed E-state index contributed by atoms with van der Waals surface area (Å²) in [6.45, 7) is 9.04. The molecule has 0 spiro atoms. The van der Waals surface area contributed by atoms with Crippen LogP contribution in [-0.2, 0) is 45.4 Å². The van der Waals surface area contributed by atoms with Crippen LogP contribution < -0.4 is 10.6 Å². The summed E-state index contributed by atoms with van der Waals surface area (Å²) in [7, 11) is -5.84. The number of likely N-dealkylation sites (tertiary alicyclic amines) is 2. The number of nitrogens with zero attached hydrogens (tertiary/aromatic N) is 4. The number of hydrogen-bond acceptors (Lipinski definition) is 11. The fourth-order valence-corrected chi connectivity index (χ4v) is 11.8. The zero-order chi connectivity index (χ0) is 52.7. The summed E-state index contributed by atoms with van der Waals surface area (Å²) < 4.78 is 53.8. The Kier molecular flexibility index (Phi) is 15.3. The van der Waals surface area contributed by atoms with Gasteiger partial charge in [0.1, 0.15) is 24.2 Å². The molecule has 5 atom stereocenters. The lowest BCUT2D eigenvalue weighted by Gasteiger charge is -2.38. The third kappa shape index (κ3) is 11.2. The molecule has 4 N–H and O–H groups in total. The highest BCUT2D eigenvalue weighted by Gasteiger charge is 2.51. The lowest BCUT2D eigenvalue weighted by Crippen LogP contribution is -2.58. The average molecular weight is 1060 g/mol. The van der Waals surface area contributed by atoms with Gasteiger partial charge in [0.25, 0.3) is 11.8 Å². The summed E-state index contributed by atoms with van der Waals surface area (Å²) in [6, 6.07) is 16.7. The van der Waals surface area contributed by atoms with Crippen LogP contribution in [0.25, 0.3) is 10.1 Å². The van der Waals surface area contributed by atoms with Crippen molar-refractivity contribution in [3.63, 3.8) is 0 Å². The number of thiophene rings is 1. The van der Waals surface area contributed by atoms with Gasteiger partial charge in [0.05, 0.1) is 30.7 Å². The topological polar surface area (TPSA) is 215 Å². The number of ether oxygens (including phenoxy) is 2. The van der Waals surface area contributed by atoms with E-state index < -0.39 is 66.2 Å². The highest BCUT2D eigenvalue weighted by Crippen LogP contribution is 2.59. The molecule has 5 aliphatic heterocycles. The number of hydrogen-bond donors (Lipinski definition) is 4. The zero-order valence-electron chi connectivity index (χ0n) is 41.3. The summed E-state index contributed by atoms with van der Waals surface area (Å²) in [4.78, 5) is 107. The number of nitrogens with one attached hydrogen (secondary N) is 2. The summed E-state index contributed by atoms with van der Waals surface area (Å²) in [6.07, 6.45) is 1.42. The van der Waals surface area contributed by atoms with E-state index >= 15 is 0 Å². The predicted octanol–water partition coefficient (Wildman–Crippen LogP) is 5.38. The minimum absolute atomic E-state index is 0.0847. The third-order valence-corrected chi connectivity index (χ3v) is 16.7. The summed E-state index contributed by atoms with van der Waals surface area (Å²) in [5, 5.41) is 5.37. The second kappa shape index (κ2) is 21.4. The van der Waals surface area contributed by atoms with E-state index in [-0.39, 0.29) is 78.9 Å². The molecule has 0 aliphatic carbocycles. The molecule has 4 fully saturated rings. The molecule has 0 radical (unpaired) electrons. The van der Waals surface area contributed by atoms with Crippen LogP contribution in [0.1, 0.15) is 101 Å². The number of carbonyl (C=O) groups is 6. The van der Waals surface area contributed by atoms with Crippen LogP contribution >= 0.6 is 18.9 Å². The number of imide groups is 1. The molecule has 6 amide bonds. The molecular weight excluding hydrogens is 998 g/mol. The number of amides is 6. The first kappa shape index (κ1) is 52.9. The number of alkyl halides is 2. The molecule has 0 saturated carbocycles. The van der Waals surface area contributed by atoms with Gasteiger partial charge in [0, 0.05) is 66.3 Å². The van der Waals surface area contributed by atoms with Crippen LogP contribution in [0.2, 0.25) is 0 Å². The van der Waals surface area contributed by atoms with Crippen molar-refractivity contribution in [3.05, 3.63) is 105 Å². The van der Waals surface area contributed by atoms with Crippen LogP contribution in [0.3, 0.4) is 0 Å². The van der Waals surface area contributed by atoms with Gasteiger partial charge in [-0.2, -0.15) is 8.78 Å². The van der Waals surface area contributed by atoms with E-state index in [0.717, 1.165) is 66.1 Å². The Balaban J connectivity index is 0.848. The van der Waals surface area contributed by atoms with Gasteiger partial charge >= 0.3 is 13.3 Å². The maximum atomic E-state index is 14.9. The smallest absolute Gasteiger partial charge is 0.375 e. The van der Waals surface area contributed by atoms with Crippen molar-refractivity contribution in [2.75, 3.05) is 52.5 Å². The second-order valence-electron chi connectivity index (χ2n) is 20.6. The molecule has 4 aromatic rings. The Hall–Kier alpha value is -5.91. The fourth-order valence-electron chi connectivity index (χ4n) is 10.4. The molecule has 17 nitrogen and oxygen atoms in total. The summed E-state index contributed by atoms with van der Waals surface area (Å²) >= 11 is 0.974. The first-order chi connectivity index (χ1) is 35.2. The minimum Gasteiger partial charge on any atom is -0.375 e. The van der Waals surface area contributed by atoms with Gasteiger partial charge in [-0.05, 0) is 84.6 Å². The molecule has 1 unspecified atom stereocenters. The Morgan fingerprint density at radius 1 is 0.973 bits per heavy atom. The van der Waals surface area contributed by atoms with Gasteiger partial charge in [-0.25, -0.2) is 0 Å². The number of fused-ring (bicyclic) bond motifs is 2. The largest absolute Gasteiger partial charge is 0.399 e. The number of morpholine rings is 1. The van der Waals surface area contributed by atoms with Crippen molar-refractivity contribution in [2.45, 2.75) is 95.4 Å². The first-order valence-corrected chi connectivity index (χ1v) is 27.3. The van der Waals surface area contributed by atoms with Crippen LogP contribution in [0.15, 0.2) is 72.8 Å². The van der Waals surface area contributed by atoms with E-state index in [1.807, 2.05) is 36.4 Å². The van der Waals surface area contributed by atoms with Crippen LogP contribution in [0, 0.1) is 23.2 Å². The molecule has 21 heteroatoms. The zero-order valence-corrected chi connectivity index (χ0v) is 43.0. The SMILES string of the molecule is CC(C)(C)[C@H](NC(=O)c1cc2cc(C(F)(F)P(=O)(O)O)ccc2s1)C(=O)N1C[C@@H](OCCN2CCC(C#Cc3cccc4c3CN(C3CCC(=O)NC3=O)C4=O)CC2)C[C@H]1C(=O)N1CCO[C@H](c2ccccc2)C1. The molecule has 4 saturated heterocycles. The monoisotopic (exact) mass is 1060 g/mol. The number of halogens is 2. The lowest BCUT2D eigenvalue weighted by molar-refractivity contribution is -0.150. The second-order valence-corrected chi connectivity index (χ2v) is 23.4. The van der Waals surface area contributed by atoms with Gasteiger partial charge in [0.15, 0.2) is 0 Å². The van der Waals surface area contributed by atoms with Crippen molar-refractivity contribution < 1.29 is 61.4 Å². The van der Waals surface area contributed by atoms with Crippen LogP contribution in [0.5, 0.6) is 0 Å². The summed E-state index contributed by atoms with van der Waals surface area (Å²) in [5.74, 6) is 4.40. The lowest BCUT2D eigenvalue weighted by atomic mass is 9.85. The Morgan fingerprint density at radius 2 is 1.73 bits per heavy atom. The fraction of sp³-hybridized carbons (Fsp3) is 0.472. The van der Waals surface area contributed by atoms with Crippen molar-refractivity contribution in [2.24, 2.45) is 11.3 Å². The van der Waals surface area contributed by atoms with Crippen LogP contribution in [0.4, 0.5) is 8.78 Å². The predicted molar refractivity (Wildman–Crippen MR) is 269 cm³/mol. The Morgan fingerprint density at radius 3 is 2.45 bits per heavy atom. The van der Waals surface area contributed by atoms with Crippen molar-refractivity contribution in [3.8, 4) is 11.8 Å². The van der Waals surface area contributed by atoms with Gasteiger partial charge in [-0.3, -0.25) is 38.6 Å². The molecule has 74 heavy (non-hydrogen) atoms. The van der Waals surface area contributed by atoms with Gasteiger partial charge in [0.2, 0.25) is 23.6 Å². The van der Waals surface area contributed by atoms with Gasteiger partial charge in [-0.1, -0.05) is 75.1 Å².